The number of nitrogens with one attached hydrogen (secondary N) is 1. The second kappa shape index (κ2) is 6.94. The molecule has 3 atom stereocenters. The van der Waals surface area contributed by atoms with Crippen molar-refractivity contribution in [1.29, 1.82) is 0 Å². The fourth-order valence-electron chi connectivity index (χ4n) is 3.52. The van der Waals surface area contributed by atoms with Gasteiger partial charge in [-0.3, -0.25) is 4.79 Å². The van der Waals surface area contributed by atoms with E-state index in [9.17, 15) is 4.79 Å². The van der Waals surface area contributed by atoms with Gasteiger partial charge >= 0.3 is 0 Å². The monoisotopic (exact) mass is 288 g/mol. The average Bonchev–Trinajstić information content (AvgIpc) is 2.31. The molecule has 0 spiro atoms. The van der Waals surface area contributed by atoms with Crippen molar-refractivity contribution in [2.24, 2.45) is 17.1 Å². The molecule has 0 radical (unpaired) electrons. The van der Waals surface area contributed by atoms with Crippen molar-refractivity contribution in [3.63, 3.8) is 0 Å². The van der Waals surface area contributed by atoms with E-state index in [2.05, 4.69) is 19.2 Å². The number of rotatable bonds is 2. The molecule has 0 aromatic heterocycles. The Hall–Kier alpha value is -0.280. The minimum Gasteiger partial charge on any atom is -0.353 e. The second-order valence-corrected chi connectivity index (χ2v) is 6.92. The molecule has 3 nitrogen and oxygen atoms in total. The molecule has 2 saturated carbocycles. The molecule has 112 valence electrons. The van der Waals surface area contributed by atoms with Crippen LogP contribution in [0.3, 0.4) is 0 Å². The third-order valence-corrected chi connectivity index (χ3v) is 4.91. The third-order valence-electron chi connectivity index (χ3n) is 4.91. The summed E-state index contributed by atoms with van der Waals surface area (Å²) in [5.41, 5.74) is 6.22. The summed E-state index contributed by atoms with van der Waals surface area (Å²) >= 11 is 0. The first-order chi connectivity index (χ1) is 8.49. The highest BCUT2D eigenvalue weighted by molar-refractivity contribution is 5.85. The molecule has 0 aliphatic heterocycles. The second-order valence-electron chi connectivity index (χ2n) is 6.92. The average molecular weight is 289 g/mol. The SMILES string of the molecule is CC1(C)CCCCC1NC(=O)C1CCCC(N)C1.Cl. The molecule has 4 heteroatoms. The smallest absolute Gasteiger partial charge is 0.223 e. The zero-order valence-electron chi connectivity index (χ0n) is 12.3. The molecule has 2 rings (SSSR count). The summed E-state index contributed by atoms with van der Waals surface area (Å²) in [7, 11) is 0. The summed E-state index contributed by atoms with van der Waals surface area (Å²) in [6.07, 6.45) is 8.99. The van der Waals surface area contributed by atoms with Gasteiger partial charge in [-0.1, -0.05) is 33.1 Å². The van der Waals surface area contributed by atoms with Crippen LogP contribution in [0.2, 0.25) is 0 Å². The van der Waals surface area contributed by atoms with E-state index in [0.717, 1.165) is 32.1 Å². The van der Waals surface area contributed by atoms with Crippen molar-refractivity contribution in [2.75, 3.05) is 0 Å². The van der Waals surface area contributed by atoms with Crippen LogP contribution in [0.1, 0.15) is 65.2 Å². The van der Waals surface area contributed by atoms with Crippen LogP contribution in [0.5, 0.6) is 0 Å². The Labute approximate surface area is 123 Å². The first-order valence-electron chi connectivity index (χ1n) is 7.55. The molecule has 19 heavy (non-hydrogen) atoms. The predicted octanol–water partition coefficient (Wildman–Crippen LogP) is 3.01. The number of carbonyl (C=O) groups excluding carboxylic acids is 1. The Morgan fingerprint density at radius 3 is 2.53 bits per heavy atom. The highest BCUT2D eigenvalue weighted by Crippen LogP contribution is 2.36. The molecule has 2 aliphatic rings. The molecule has 2 aliphatic carbocycles. The van der Waals surface area contributed by atoms with E-state index in [4.69, 9.17) is 5.73 Å². The minimum absolute atomic E-state index is 0. The van der Waals surface area contributed by atoms with E-state index in [1.807, 2.05) is 0 Å². The van der Waals surface area contributed by atoms with E-state index >= 15 is 0 Å². The third kappa shape index (κ3) is 4.35. The largest absolute Gasteiger partial charge is 0.353 e. The van der Waals surface area contributed by atoms with Crippen LogP contribution in [-0.4, -0.2) is 18.0 Å². The van der Waals surface area contributed by atoms with E-state index in [1.165, 1.54) is 19.3 Å². The minimum atomic E-state index is 0. The molecule has 3 unspecified atom stereocenters. The van der Waals surface area contributed by atoms with Gasteiger partial charge in [0.2, 0.25) is 5.91 Å². The first-order valence-corrected chi connectivity index (χ1v) is 7.55. The molecule has 1 amide bonds. The van der Waals surface area contributed by atoms with E-state index < -0.39 is 0 Å². The van der Waals surface area contributed by atoms with E-state index in [1.54, 1.807) is 0 Å². The van der Waals surface area contributed by atoms with Crippen molar-refractivity contribution in [3.8, 4) is 0 Å². The van der Waals surface area contributed by atoms with E-state index in [-0.39, 0.29) is 35.7 Å². The topological polar surface area (TPSA) is 55.1 Å². The molecular weight excluding hydrogens is 260 g/mol. The molecule has 2 fully saturated rings. The highest BCUT2D eigenvalue weighted by Gasteiger charge is 2.35. The zero-order valence-corrected chi connectivity index (χ0v) is 13.1. The lowest BCUT2D eigenvalue weighted by Crippen LogP contribution is -2.49. The lowest BCUT2D eigenvalue weighted by atomic mass is 9.73. The van der Waals surface area contributed by atoms with Crippen LogP contribution in [0.4, 0.5) is 0 Å². The number of amides is 1. The summed E-state index contributed by atoms with van der Waals surface area (Å²) in [4.78, 5) is 12.3. The van der Waals surface area contributed by atoms with E-state index in [0.29, 0.717) is 6.04 Å². The van der Waals surface area contributed by atoms with Gasteiger partial charge < -0.3 is 11.1 Å². The van der Waals surface area contributed by atoms with Crippen LogP contribution in [-0.2, 0) is 4.79 Å². The summed E-state index contributed by atoms with van der Waals surface area (Å²) in [6, 6.07) is 0.589. The van der Waals surface area contributed by atoms with Crippen LogP contribution in [0, 0.1) is 11.3 Å². The molecule has 0 heterocycles. The number of carbonyl (C=O) groups is 1. The lowest BCUT2D eigenvalue weighted by Gasteiger charge is -2.40. The van der Waals surface area contributed by atoms with Crippen molar-refractivity contribution in [1.82, 2.24) is 5.32 Å². The fraction of sp³-hybridized carbons (Fsp3) is 0.933. The molecule has 3 N–H and O–H groups in total. The van der Waals surface area contributed by atoms with Crippen molar-refractivity contribution < 1.29 is 4.79 Å². The summed E-state index contributed by atoms with van der Waals surface area (Å²) < 4.78 is 0. The van der Waals surface area contributed by atoms with Gasteiger partial charge in [0.1, 0.15) is 0 Å². The standard InChI is InChI=1S/C15H28N2O.ClH/c1-15(2)9-4-3-8-13(15)17-14(18)11-6-5-7-12(16)10-11;/h11-13H,3-10,16H2,1-2H3,(H,17,18);1H. The maximum atomic E-state index is 12.3. The van der Waals surface area contributed by atoms with Crippen LogP contribution in [0.15, 0.2) is 0 Å². The Bertz CT molecular complexity index is 307. The Morgan fingerprint density at radius 1 is 1.16 bits per heavy atom. The van der Waals surface area contributed by atoms with Gasteiger partial charge in [0.15, 0.2) is 0 Å². The van der Waals surface area contributed by atoms with Crippen LogP contribution >= 0.6 is 12.4 Å². The van der Waals surface area contributed by atoms with Gasteiger partial charge in [-0.05, 0) is 37.5 Å². The molecule has 0 aromatic rings. The molecule has 0 aromatic carbocycles. The lowest BCUT2D eigenvalue weighted by molar-refractivity contribution is -0.128. The van der Waals surface area contributed by atoms with Gasteiger partial charge in [0, 0.05) is 18.0 Å². The van der Waals surface area contributed by atoms with Crippen LogP contribution < -0.4 is 11.1 Å². The maximum Gasteiger partial charge on any atom is 0.223 e. The maximum absolute atomic E-state index is 12.3. The van der Waals surface area contributed by atoms with Gasteiger partial charge in [-0.2, -0.15) is 0 Å². The van der Waals surface area contributed by atoms with Crippen molar-refractivity contribution >= 4 is 18.3 Å². The quantitative estimate of drug-likeness (QED) is 0.821. The number of halogens is 1. The molecule has 0 saturated heterocycles. The summed E-state index contributed by atoms with van der Waals surface area (Å²) in [6.45, 7) is 4.56. The van der Waals surface area contributed by atoms with Crippen molar-refractivity contribution in [3.05, 3.63) is 0 Å². The van der Waals surface area contributed by atoms with Gasteiger partial charge in [0.05, 0.1) is 0 Å². The fourth-order valence-corrected chi connectivity index (χ4v) is 3.52. The van der Waals surface area contributed by atoms with Crippen molar-refractivity contribution in [2.45, 2.75) is 77.3 Å². The summed E-state index contributed by atoms with van der Waals surface area (Å²) in [5.74, 6) is 0.414. The number of hydrogen-bond donors (Lipinski definition) is 2. The van der Waals surface area contributed by atoms with Gasteiger partial charge in [0.25, 0.3) is 0 Å². The predicted molar refractivity (Wildman–Crippen MR) is 81.4 cm³/mol. The van der Waals surface area contributed by atoms with Crippen LogP contribution in [0.25, 0.3) is 0 Å². The zero-order chi connectivity index (χ0) is 13.2. The van der Waals surface area contributed by atoms with Gasteiger partial charge in [-0.25, -0.2) is 0 Å². The Morgan fingerprint density at radius 2 is 1.89 bits per heavy atom. The highest BCUT2D eigenvalue weighted by atomic mass is 35.5. The number of nitrogens with two attached hydrogens (primary N) is 1. The Balaban J connectivity index is 0.00000180. The summed E-state index contributed by atoms with van der Waals surface area (Å²) in [5, 5.41) is 3.30. The normalized spacial score (nSPS) is 34.2. The Kier molecular flexibility index (Phi) is 6.13. The molecule has 0 bridgehead atoms. The van der Waals surface area contributed by atoms with Gasteiger partial charge in [-0.15, -0.1) is 12.4 Å². The number of hydrogen-bond acceptors (Lipinski definition) is 2. The first kappa shape index (κ1) is 16.8. The molecular formula is C15H29ClN2O.